The summed E-state index contributed by atoms with van der Waals surface area (Å²) in [5.41, 5.74) is 0.342. The number of rotatable bonds is 2. The van der Waals surface area contributed by atoms with Gasteiger partial charge in [0.1, 0.15) is 0 Å². The van der Waals surface area contributed by atoms with Crippen LogP contribution in [0.5, 0.6) is 0 Å². The van der Waals surface area contributed by atoms with Crippen LogP contribution in [0, 0.1) is 5.92 Å². The van der Waals surface area contributed by atoms with Gasteiger partial charge in [-0.25, -0.2) is 0 Å². The lowest BCUT2D eigenvalue weighted by Crippen LogP contribution is -2.49. The quantitative estimate of drug-likeness (QED) is 0.742. The Morgan fingerprint density at radius 2 is 2.07 bits per heavy atom. The van der Waals surface area contributed by atoms with Gasteiger partial charge >= 0.3 is 0 Å². The highest BCUT2D eigenvalue weighted by atomic mass is 16.5. The topological polar surface area (TPSA) is 24.5 Å². The molecule has 2 saturated heterocycles. The summed E-state index contributed by atoms with van der Waals surface area (Å²) >= 11 is 0. The minimum atomic E-state index is 0.342. The third-order valence-electron chi connectivity index (χ3n) is 3.58. The van der Waals surface area contributed by atoms with Crippen LogP contribution in [0.4, 0.5) is 0 Å². The molecule has 15 heavy (non-hydrogen) atoms. The molecule has 0 aromatic carbocycles. The van der Waals surface area contributed by atoms with E-state index >= 15 is 0 Å². The van der Waals surface area contributed by atoms with E-state index in [9.17, 15) is 0 Å². The molecule has 0 aliphatic carbocycles. The maximum Gasteiger partial charge on any atom is 0.0594 e. The lowest BCUT2D eigenvalue weighted by atomic mass is 9.84. The van der Waals surface area contributed by atoms with Crippen LogP contribution in [0.15, 0.2) is 0 Å². The highest BCUT2D eigenvalue weighted by Gasteiger charge is 2.28. The number of morpholine rings is 1. The molecule has 1 N–H and O–H groups in total. The molecule has 3 heteroatoms. The molecule has 0 unspecified atom stereocenters. The molecule has 0 radical (unpaired) electrons. The van der Waals surface area contributed by atoms with Crippen LogP contribution in [0.25, 0.3) is 0 Å². The van der Waals surface area contributed by atoms with Crippen molar-refractivity contribution in [1.82, 2.24) is 10.2 Å². The van der Waals surface area contributed by atoms with E-state index in [2.05, 4.69) is 24.1 Å². The van der Waals surface area contributed by atoms with Crippen molar-refractivity contribution in [3.63, 3.8) is 0 Å². The van der Waals surface area contributed by atoms with E-state index < -0.39 is 0 Å². The van der Waals surface area contributed by atoms with Crippen LogP contribution in [-0.4, -0.2) is 49.8 Å². The van der Waals surface area contributed by atoms with Gasteiger partial charge in [-0.3, -0.25) is 4.90 Å². The second-order valence-corrected chi connectivity index (χ2v) is 5.58. The Morgan fingerprint density at radius 1 is 1.33 bits per heavy atom. The zero-order valence-corrected chi connectivity index (χ0v) is 10.1. The molecule has 2 rings (SSSR count). The highest BCUT2D eigenvalue weighted by molar-refractivity contribution is 4.87. The zero-order valence-electron chi connectivity index (χ0n) is 10.1. The van der Waals surface area contributed by atoms with E-state index in [-0.39, 0.29) is 0 Å². The fraction of sp³-hybridized carbons (Fsp3) is 1.00. The van der Waals surface area contributed by atoms with Gasteiger partial charge in [0.2, 0.25) is 0 Å². The molecule has 1 atom stereocenters. The molecular weight excluding hydrogens is 188 g/mol. The fourth-order valence-corrected chi connectivity index (χ4v) is 2.82. The Balaban J connectivity index is 1.78. The number of nitrogens with zero attached hydrogens (tertiary/aromatic N) is 1. The van der Waals surface area contributed by atoms with Crippen LogP contribution in [0.1, 0.15) is 26.7 Å². The third-order valence-corrected chi connectivity index (χ3v) is 3.58. The van der Waals surface area contributed by atoms with Crippen molar-refractivity contribution in [2.75, 3.05) is 39.4 Å². The van der Waals surface area contributed by atoms with Crippen molar-refractivity contribution >= 4 is 0 Å². The average molecular weight is 212 g/mol. The van der Waals surface area contributed by atoms with Gasteiger partial charge in [0.05, 0.1) is 13.2 Å². The Bertz CT molecular complexity index is 200. The Labute approximate surface area is 93.2 Å². The molecule has 0 aromatic heterocycles. The Hall–Kier alpha value is -0.120. The molecule has 0 bridgehead atoms. The number of nitrogens with one attached hydrogen (secondary N) is 1. The van der Waals surface area contributed by atoms with Crippen molar-refractivity contribution in [3.8, 4) is 0 Å². The molecule has 0 spiro atoms. The van der Waals surface area contributed by atoms with Crippen molar-refractivity contribution in [1.29, 1.82) is 0 Å². The van der Waals surface area contributed by atoms with Gasteiger partial charge in [0.15, 0.2) is 0 Å². The summed E-state index contributed by atoms with van der Waals surface area (Å²) in [6.45, 7) is 11.2. The first kappa shape index (κ1) is 11.4. The van der Waals surface area contributed by atoms with Crippen LogP contribution < -0.4 is 5.32 Å². The molecule has 88 valence electrons. The first-order valence-electron chi connectivity index (χ1n) is 6.21. The van der Waals surface area contributed by atoms with E-state index in [1.165, 1.54) is 25.9 Å². The average Bonchev–Trinajstić information content (AvgIpc) is 2.17. The molecule has 3 nitrogen and oxygen atoms in total. The van der Waals surface area contributed by atoms with Gasteiger partial charge in [-0.15, -0.1) is 0 Å². The summed E-state index contributed by atoms with van der Waals surface area (Å²) in [7, 11) is 0. The summed E-state index contributed by atoms with van der Waals surface area (Å²) in [6, 6.07) is 0. The number of piperidine rings is 1. The normalized spacial score (nSPS) is 32.8. The summed E-state index contributed by atoms with van der Waals surface area (Å²) in [6.07, 6.45) is 2.64. The molecule has 2 aliphatic heterocycles. The first-order chi connectivity index (χ1) is 7.16. The summed E-state index contributed by atoms with van der Waals surface area (Å²) in [4.78, 5) is 2.57. The van der Waals surface area contributed by atoms with Gasteiger partial charge in [-0.2, -0.15) is 0 Å². The molecule has 2 fully saturated rings. The maximum absolute atomic E-state index is 5.38. The number of hydrogen-bond acceptors (Lipinski definition) is 3. The van der Waals surface area contributed by atoms with Crippen LogP contribution in [-0.2, 0) is 4.74 Å². The molecule has 2 heterocycles. The van der Waals surface area contributed by atoms with E-state index in [0.717, 1.165) is 32.2 Å². The minimum Gasteiger partial charge on any atom is -0.379 e. The second kappa shape index (κ2) is 4.81. The molecule has 2 aliphatic rings. The largest absolute Gasteiger partial charge is 0.379 e. The first-order valence-corrected chi connectivity index (χ1v) is 6.21. The van der Waals surface area contributed by atoms with Gasteiger partial charge in [0.25, 0.3) is 0 Å². The van der Waals surface area contributed by atoms with Crippen molar-refractivity contribution in [2.45, 2.75) is 32.2 Å². The van der Waals surface area contributed by atoms with Gasteiger partial charge in [-0.1, -0.05) is 0 Å². The van der Waals surface area contributed by atoms with Crippen LogP contribution >= 0.6 is 0 Å². The molecule has 0 saturated carbocycles. The zero-order chi connectivity index (χ0) is 10.7. The molecular formula is C12H24N2O. The van der Waals surface area contributed by atoms with Crippen molar-refractivity contribution < 1.29 is 4.74 Å². The maximum atomic E-state index is 5.38. The Kier molecular flexibility index (Phi) is 3.65. The van der Waals surface area contributed by atoms with Gasteiger partial charge in [0, 0.05) is 25.2 Å². The van der Waals surface area contributed by atoms with Crippen LogP contribution in [0.2, 0.25) is 0 Å². The predicted molar refractivity (Wildman–Crippen MR) is 62.1 cm³/mol. The minimum absolute atomic E-state index is 0.342. The number of hydrogen-bond donors (Lipinski definition) is 1. The predicted octanol–water partition coefficient (Wildman–Crippen LogP) is 1.10. The molecule has 0 amide bonds. The standard InChI is InChI=1S/C12H24N2O/c1-12(2)9-11(3-4-13-12)10-14-5-7-15-8-6-14/h11,13H,3-10H2,1-2H3/t11-/m1/s1. The Morgan fingerprint density at radius 3 is 2.73 bits per heavy atom. The lowest BCUT2D eigenvalue weighted by Gasteiger charge is -2.39. The second-order valence-electron chi connectivity index (χ2n) is 5.58. The monoisotopic (exact) mass is 212 g/mol. The summed E-state index contributed by atoms with van der Waals surface area (Å²) in [5.74, 6) is 0.874. The van der Waals surface area contributed by atoms with E-state index in [4.69, 9.17) is 4.74 Å². The van der Waals surface area contributed by atoms with Gasteiger partial charge < -0.3 is 10.1 Å². The summed E-state index contributed by atoms with van der Waals surface area (Å²) in [5, 5.41) is 3.58. The number of ether oxygens (including phenoxy) is 1. The van der Waals surface area contributed by atoms with Crippen molar-refractivity contribution in [3.05, 3.63) is 0 Å². The highest BCUT2D eigenvalue weighted by Crippen LogP contribution is 2.24. The van der Waals surface area contributed by atoms with Gasteiger partial charge in [-0.05, 0) is 39.2 Å². The van der Waals surface area contributed by atoms with E-state index in [1.54, 1.807) is 0 Å². The fourth-order valence-electron chi connectivity index (χ4n) is 2.82. The van der Waals surface area contributed by atoms with E-state index in [1.807, 2.05) is 0 Å². The smallest absolute Gasteiger partial charge is 0.0594 e. The van der Waals surface area contributed by atoms with Crippen LogP contribution in [0.3, 0.4) is 0 Å². The van der Waals surface area contributed by atoms with Crippen molar-refractivity contribution in [2.24, 2.45) is 5.92 Å². The molecule has 0 aromatic rings. The SMILES string of the molecule is CC1(C)C[C@H](CN2CCOCC2)CCN1. The van der Waals surface area contributed by atoms with E-state index in [0.29, 0.717) is 5.54 Å². The summed E-state index contributed by atoms with van der Waals surface area (Å²) < 4.78 is 5.38. The third kappa shape index (κ3) is 3.44. The lowest BCUT2D eigenvalue weighted by molar-refractivity contribution is 0.0249.